The van der Waals surface area contributed by atoms with Gasteiger partial charge in [-0.1, -0.05) is 18.2 Å². The second-order valence-corrected chi connectivity index (χ2v) is 7.84. The number of nitrogens with zero attached hydrogens (tertiary/aromatic N) is 1. The molecule has 1 saturated heterocycles. The number of hydrogen-bond acceptors (Lipinski definition) is 4. The standard InChI is InChI=1S/C15H24N2O2S/c1-3-17(14-8-5-4-7-13(14)2)15(11-16)9-6-10-20(18,19)12-15/h4-5,7-8H,3,6,9-12,16H2,1-2H3. The van der Waals surface area contributed by atoms with E-state index in [1.807, 2.05) is 12.1 Å². The van der Waals surface area contributed by atoms with Gasteiger partial charge in [-0.05, 0) is 38.3 Å². The van der Waals surface area contributed by atoms with Gasteiger partial charge >= 0.3 is 0 Å². The van der Waals surface area contributed by atoms with Gasteiger partial charge in [0.2, 0.25) is 0 Å². The van der Waals surface area contributed by atoms with E-state index in [0.717, 1.165) is 24.2 Å². The molecule has 0 bridgehead atoms. The average Bonchev–Trinajstić information content (AvgIpc) is 2.40. The lowest BCUT2D eigenvalue weighted by Crippen LogP contribution is -2.60. The molecule has 2 rings (SSSR count). The quantitative estimate of drug-likeness (QED) is 0.919. The highest BCUT2D eigenvalue weighted by Crippen LogP contribution is 2.34. The number of sulfone groups is 1. The minimum atomic E-state index is -3.00. The Kier molecular flexibility index (Phi) is 4.39. The fraction of sp³-hybridized carbons (Fsp3) is 0.600. The first-order valence-electron chi connectivity index (χ1n) is 7.18. The van der Waals surface area contributed by atoms with Gasteiger partial charge in [-0.2, -0.15) is 0 Å². The molecule has 1 unspecified atom stereocenters. The molecule has 1 atom stereocenters. The zero-order chi connectivity index (χ0) is 14.8. The van der Waals surface area contributed by atoms with Crippen LogP contribution >= 0.6 is 0 Å². The van der Waals surface area contributed by atoms with Gasteiger partial charge in [0.15, 0.2) is 9.84 Å². The van der Waals surface area contributed by atoms with Gasteiger partial charge in [-0.15, -0.1) is 0 Å². The van der Waals surface area contributed by atoms with Crippen molar-refractivity contribution >= 4 is 15.5 Å². The predicted octanol–water partition coefficient (Wildman–Crippen LogP) is 1.73. The highest BCUT2D eigenvalue weighted by atomic mass is 32.2. The van der Waals surface area contributed by atoms with Crippen LogP contribution in [0.2, 0.25) is 0 Å². The highest BCUT2D eigenvalue weighted by Gasteiger charge is 2.42. The summed E-state index contributed by atoms with van der Waals surface area (Å²) in [7, 11) is -3.00. The Morgan fingerprint density at radius 2 is 2.05 bits per heavy atom. The maximum atomic E-state index is 12.1. The fourth-order valence-corrected chi connectivity index (χ4v) is 5.25. The van der Waals surface area contributed by atoms with Crippen LogP contribution in [0.25, 0.3) is 0 Å². The molecule has 20 heavy (non-hydrogen) atoms. The number of para-hydroxylation sites is 1. The summed E-state index contributed by atoms with van der Waals surface area (Å²) in [5, 5.41) is 0. The minimum Gasteiger partial charge on any atom is -0.364 e. The van der Waals surface area contributed by atoms with Crippen molar-refractivity contribution in [3.8, 4) is 0 Å². The Morgan fingerprint density at radius 1 is 1.35 bits per heavy atom. The zero-order valence-corrected chi connectivity index (χ0v) is 13.1. The molecular formula is C15H24N2O2S. The molecule has 0 radical (unpaired) electrons. The lowest BCUT2D eigenvalue weighted by molar-refractivity contribution is 0.385. The first-order valence-corrected chi connectivity index (χ1v) is 9.00. The second-order valence-electron chi connectivity index (χ2n) is 5.65. The summed E-state index contributed by atoms with van der Waals surface area (Å²) in [6.07, 6.45) is 1.53. The monoisotopic (exact) mass is 296 g/mol. The fourth-order valence-electron chi connectivity index (χ4n) is 3.29. The van der Waals surface area contributed by atoms with Crippen LogP contribution in [-0.4, -0.2) is 38.6 Å². The van der Waals surface area contributed by atoms with Crippen molar-refractivity contribution in [1.82, 2.24) is 0 Å². The SMILES string of the molecule is CCN(c1ccccc1C)C1(CN)CCCS(=O)(=O)C1. The molecule has 0 spiro atoms. The molecule has 0 saturated carbocycles. The third-order valence-electron chi connectivity index (χ3n) is 4.26. The van der Waals surface area contributed by atoms with Gasteiger partial charge in [0.05, 0.1) is 17.0 Å². The first kappa shape index (κ1) is 15.3. The summed E-state index contributed by atoms with van der Waals surface area (Å²) in [5.74, 6) is 0.457. The Hall–Kier alpha value is -1.07. The van der Waals surface area contributed by atoms with E-state index in [1.54, 1.807) is 0 Å². The van der Waals surface area contributed by atoms with Crippen molar-refractivity contribution in [2.45, 2.75) is 32.2 Å². The number of aryl methyl sites for hydroxylation is 1. The predicted molar refractivity (Wildman–Crippen MR) is 83.9 cm³/mol. The molecule has 1 fully saturated rings. The van der Waals surface area contributed by atoms with Crippen LogP contribution < -0.4 is 10.6 Å². The van der Waals surface area contributed by atoms with Gasteiger partial charge in [0.25, 0.3) is 0 Å². The zero-order valence-electron chi connectivity index (χ0n) is 12.3. The summed E-state index contributed by atoms with van der Waals surface area (Å²) in [4.78, 5) is 2.19. The highest BCUT2D eigenvalue weighted by molar-refractivity contribution is 7.91. The van der Waals surface area contributed by atoms with Crippen LogP contribution in [0, 0.1) is 6.92 Å². The third kappa shape index (κ3) is 2.83. The maximum Gasteiger partial charge on any atom is 0.152 e. The largest absolute Gasteiger partial charge is 0.364 e. The molecule has 4 nitrogen and oxygen atoms in total. The van der Waals surface area contributed by atoms with Crippen molar-refractivity contribution in [2.75, 3.05) is 29.5 Å². The normalized spacial score (nSPS) is 25.4. The number of likely N-dealkylation sites (N-methyl/N-ethyl adjacent to an activating group) is 1. The van der Waals surface area contributed by atoms with Gasteiger partial charge in [0, 0.05) is 18.8 Å². The van der Waals surface area contributed by atoms with Gasteiger partial charge in [-0.25, -0.2) is 8.42 Å². The lowest BCUT2D eigenvalue weighted by atomic mass is 9.91. The lowest BCUT2D eigenvalue weighted by Gasteiger charge is -2.47. The maximum absolute atomic E-state index is 12.1. The van der Waals surface area contributed by atoms with Crippen LogP contribution in [0.1, 0.15) is 25.3 Å². The summed E-state index contributed by atoms with van der Waals surface area (Å²) in [5.41, 5.74) is 7.81. The molecule has 1 aliphatic rings. The van der Waals surface area contributed by atoms with Crippen LogP contribution in [0.15, 0.2) is 24.3 Å². The van der Waals surface area contributed by atoms with Crippen molar-refractivity contribution in [2.24, 2.45) is 5.73 Å². The van der Waals surface area contributed by atoms with Crippen molar-refractivity contribution in [1.29, 1.82) is 0 Å². The number of anilines is 1. The van der Waals surface area contributed by atoms with Crippen molar-refractivity contribution in [3.63, 3.8) is 0 Å². The summed E-state index contributed by atoms with van der Waals surface area (Å²) in [6, 6.07) is 8.10. The van der Waals surface area contributed by atoms with Gasteiger partial charge in [-0.3, -0.25) is 0 Å². The molecule has 0 amide bonds. The summed E-state index contributed by atoms with van der Waals surface area (Å²) < 4.78 is 24.2. The molecule has 1 aliphatic heterocycles. The molecule has 0 aromatic heterocycles. The van der Waals surface area contributed by atoms with Crippen molar-refractivity contribution in [3.05, 3.63) is 29.8 Å². The summed E-state index contributed by atoms with van der Waals surface area (Å²) in [6.45, 7) is 5.25. The van der Waals surface area contributed by atoms with E-state index in [4.69, 9.17) is 5.73 Å². The molecule has 1 aromatic carbocycles. The van der Waals surface area contributed by atoms with E-state index in [9.17, 15) is 8.42 Å². The van der Waals surface area contributed by atoms with E-state index in [2.05, 4.69) is 30.9 Å². The van der Waals surface area contributed by atoms with E-state index in [-0.39, 0.29) is 5.75 Å². The van der Waals surface area contributed by atoms with Crippen LogP contribution in [0.4, 0.5) is 5.69 Å². The molecule has 0 aliphatic carbocycles. The molecular weight excluding hydrogens is 272 g/mol. The number of hydrogen-bond donors (Lipinski definition) is 1. The van der Waals surface area contributed by atoms with Crippen LogP contribution in [0.5, 0.6) is 0 Å². The van der Waals surface area contributed by atoms with E-state index in [1.165, 1.54) is 0 Å². The molecule has 2 N–H and O–H groups in total. The van der Waals surface area contributed by atoms with Crippen LogP contribution in [0.3, 0.4) is 0 Å². The van der Waals surface area contributed by atoms with Crippen molar-refractivity contribution < 1.29 is 8.42 Å². The molecule has 1 aromatic rings. The smallest absolute Gasteiger partial charge is 0.152 e. The molecule has 112 valence electrons. The van der Waals surface area contributed by atoms with Gasteiger partial charge < -0.3 is 10.6 Å². The Labute approximate surface area is 121 Å². The number of nitrogens with two attached hydrogens (primary N) is 1. The molecule has 5 heteroatoms. The van der Waals surface area contributed by atoms with Crippen LogP contribution in [-0.2, 0) is 9.84 Å². The third-order valence-corrected chi connectivity index (χ3v) is 6.15. The first-order chi connectivity index (χ1) is 9.44. The van der Waals surface area contributed by atoms with E-state index >= 15 is 0 Å². The average molecular weight is 296 g/mol. The Bertz CT molecular complexity index is 571. The summed E-state index contributed by atoms with van der Waals surface area (Å²) >= 11 is 0. The molecule has 1 heterocycles. The van der Waals surface area contributed by atoms with Gasteiger partial charge in [0.1, 0.15) is 0 Å². The second kappa shape index (κ2) is 5.74. The van der Waals surface area contributed by atoms with E-state index in [0.29, 0.717) is 18.7 Å². The topological polar surface area (TPSA) is 63.4 Å². The Morgan fingerprint density at radius 3 is 2.60 bits per heavy atom. The minimum absolute atomic E-state index is 0.165. The van der Waals surface area contributed by atoms with E-state index < -0.39 is 15.4 Å². The Balaban J connectivity index is 2.45. The number of benzene rings is 1. The number of rotatable bonds is 4.